The number of ether oxygens (including phenoxy) is 2. The van der Waals surface area contributed by atoms with Crippen LogP contribution in [-0.2, 0) is 4.74 Å². The fourth-order valence-electron chi connectivity index (χ4n) is 2.59. The molecule has 0 spiro atoms. The van der Waals surface area contributed by atoms with Gasteiger partial charge in [-0.2, -0.15) is 0 Å². The highest BCUT2D eigenvalue weighted by Gasteiger charge is 2.26. The molecule has 2 N–H and O–H groups in total. The van der Waals surface area contributed by atoms with Gasteiger partial charge in [-0.05, 0) is 43.0 Å². The topological polar surface area (TPSA) is 50.7 Å². The number of hydrogen-bond acceptors (Lipinski definition) is 4. The fraction of sp³-hybridized carbons (Fsp3) is 0.625. The second kappa shape index (κ2) is 8.32. The lowest BCUT2D eigenvalue weighted by Crippen LogP contribution is -2.36. The number of rotatable bonds is 8. The van der Waals surface area contributed by atoms with Crippen molar-refractivity contribution in [3.8, 4) is 5.75 Å². The molecule has 0 saturated carbocycles. The maximum absolute atomic E-state index is 12.7. The summed E-state index contributed by atoms with van der Waals surface area (Å²) >= 11 is 0. The first-order chi connectivity index (χ1) is 10.2. The lowest BCUT2D eigenvalue weighted by molar-refractivity contribution is 0.0823. The minimum atomic E-state index is -0.586. The largest absolute Gasteiger partial charge is 0.491 e. The van der Waals surface area contributed by atoms with E-state index in [4.69, 9.17) is 9.47 Å². The molecule has 2 rings (SSSR count). The Hall–Kier alpha value is -1.17. The van der Waals surface area contributed by atoms with Crippen LogP contribution in [0.5, 0.6) is 5.75 Å². The van der Waals surface area contributed by atoms with Gasteiger partial charge in [0.1, 0.15) is 24.3 Å². The third-order valence-electron chi connectivity index (χ3n) is 3.79. The van der Waals surface area contributed by atoms with Crippen LogP contribution < -0.4 is 10.1 Å². The molecule has 1 fully saturated rings. The quantitative estimate of drug-likeness (QED) is 0.770. The third kappa shape index (κ3) is 5.26. The van der Waals surface area contributed by atoms with Crippen LogP contribution in [-0.4, -0.2) is 43.6 Å². The summed E-state index contributed by atoms with van der Waals surface area (Å²) in [5.74, 6) is 0.791. The molecule has 21 heavy (non-hydrogen) atoms. The zero-order valence-electron chi connectivity index (χ0n) is 12.4. The van der Waals surface area contributed by atoms with Gasteiger partial charge in [0.05, 0.1) is 6.10 Å². The summed E-state index contributed by atoms with van der Waals surface area (Å²) in [6, 6.07) is 5.78. The summed E-state index contributed by atoms with van der Waals surface area (Å²) in [4.78, 5) is 0. The molecule has 0 aromatic heterocycles. The molecule has 1 aromatic rings. The second-order valence-electron chi connectivity index (χ2n) is 5.44. The van der Waals surface area contributed by atoms with Crippen molar-refractivity contribution in [1.29, 1.82) is 0 Å². The SMILES string of the molecule is CCC1OCCC1CNCC(O)COc1ccc(F)cc1. The van der Waals surface area contributed by atoms with Gasteiger partial charge in [0.25, 0.3) is 0 Å². The van der Waals surface area contributed by atoms with E-state index in [1.165, 1.54) is 12.1 Å². The van der Waals surface area contributed by atoms with Crippen LogP contribution in [0.15, 0.2) is 24.3 Å². The summed E-state index contributed by atoms with van der Waals surface area (Å²) in [7, 11) is 0. The van der Waals surface area contributed by atoms with E-state index in [1.54, 1.807) is 12.1 Å². The minimum Gasteiger partial charge on any atom is -0.491 e. The van der Waals surface area contributed by atoms with Crippen LogP contribution in [0, 0.1) is 11.7 Å². The van der Waals surface area contributed by atoms with Crippen molar-refractivity contribution < 1.29 is 19.0 Å². The van der Waals surface area contributed by atoms with Crippen molar-refractivity contribution in [2.24, 2.45) is 5.92 Å². The zero-order chi connectivity index (χ0) is 15.1. The predicted octanol–water partition coefficient (Wildman–Crippen LogP) is 1.97. The number of hydrogen-bond donors (Lipinski definition) is 2. The Bertz CT molecular complexity index is 412. The van der Waals surface area contributed by atoms with Crippen molar-refractivity contribution in [1.82, 2.24) is 5.32 Å². The molecule has 0 aliphatic carbocycles. The Morgan fingerprint density at radius 1 is 1.43 bits per heavy atom. The van der Waals surface area contributed by atoms with Gasteiger partial charge in [-0.25, -0.2) is 4.39 Å². The van der Waals surface area contributed by atoms with E-state index in [9.17, 15) is 9.50 Å². The Morgan fingerprint density at radius 3 is 2.90 bits per heavy atom. The van der Waals surface area contributed by atoms with E-state index in [0.717, 1.165) is 26.0 Å². The smallest absolute Gasteiger partial charge is 0.123 e. The van der Waals surface area contributed by atoms with Crippen LogP contribution in [0.25, 0.3) is 0 Å². The molecule has 1 aromatic carbocycles. The monoisotopic (exact) mass is 297 g/mol. The predicted molar refractivity (Wildman–Crippen MR) is 78.9 cm³/mol. The molecule has 5 heteroatoms. The summed E-state index contributed by atoms with van der Waals surface area (Å²) in [5, 5.41) is 13.1. The Kier molecular flexibility index (Phi) is 6.42. The fourth-order valence-corrected chi connectivity index (χ4v) is 2.59. The van der Waals surface area contributed by atoms with Gasteiger partial charge >= 0.3 is 0 Å². The Morgan fingerprint density at radius 2 is 2.19 bits per heavy atom. The van der Waals surface area contributed by atoms with Gasteiger partial charge in [-0.1, -0.05) is 6.92 Å². The van der Waals surface area contributed by atoms with E-state index in [2.05, 4.69) is 12.2 Å². The van der Waals surface area contributed by atoms with Crippen LogP contribution in [0.4, 0.5) is 4.39 Å². The van der Waals surface area contributed by atoms with Crippen molar-refractivity contribution >= 4 is 0 Å². The first kappa shape index (κ1) is 16.2. The van der Waals surface area contributed by atoms with Crippen LogP contribution in [0.1, 0.15) is 19.8 Å². The Balaban J connectivity index is 1.61. The van der Waals surface area contributed by atoms with Crippen molar-refractivity contribution in [3.63, 3.8) is 0 Å². The molecular formula is C16H24FNO3. The van der Waals surface area contributed by atoms with E-state index in [0.29, 0.717) is 24.3 Å². The lowest BCUT2D eigenvalue weighted by atomic mass is 10.00. The van der Waals surface area contributed by atoms with Gasteiger partial charge in [-0.15, -0.1) is 0 Å². The number of halogens is 1. The molecule has 4 nitrogen and oxygen atoms in total. The lowest BCUT2D eigenvalue weighted by Gasteiger charge is -2.19. The molecule has 118 valence electrons. The van der Waals surface area contributed by atoms with Gasteiger partial charge in [0.15, 0.2) is 0 Å². The van der Waals surface area contributed by atoms with Crippen LogP contribution in [0.2, 0.25) is 0 Å². The number of benzene rings is 1. The van der Waals surface area contributed by atoms with Crippen molar-refractivity contribution in [2.45, 2.75) is 32.0 Å². The normalized spacial score (nSPS) is 23.2. The molecule has 0 radical (unpaired) electrons. The van der Waals surface area contributed by atoms with Gasteiger partial charge in [0, 0.05) is 19.7 Å². The Labute approximate surface area is 125 Å². The molecule has 1 saturated heterocycles. The highest BCUT2D eigenvalue weighted by atomic mass is 19.1. The molecule has 1 heterocycles. The van der Waals surface area contributed by atoms with Crippen LogP contribution >= 0.6 is 0 Å². The van der Waals surface area contributed by atoms with Crippen molar-refractivity contribution in [2.75, 3.05) is 26.3 Å². The maximum atomic E-state index is 12.7. The van der Waals surface area contributed by atoms with E-state index >= 15 is 0 Å². The standard InChI is InChI=1S/C16H24FNO3/c1-2-16-12(7-8-20-16)9-18-10-14(19)11-21-15-5-3-13(17)4-6-15/h3-6,12,14,16,18-19H,2,7-11H2,1H3. The molecule has 1 aliphatic heterocycles. The molecule has 3 unspecified atom stereocenters. The summed E-state index contributed by atoms with van der Waals surface area (Å²) in [5.41, 5.74) is 0. The van der Waals surface area contributed by atoms with Gasteiger partial charge in [-0.3, -0.25) is 0 Å². The third-order valence-corrected chi connectivity index (χ3v) is 3.79. The highest BCUT2D eigenvalue weighted by molar-refractivity contribution is 5.22. The van der Waals surface area contributed by atoms with E-state index in [-0.39, 0.29) is 12.4 Å². The maximum Gasteiger partial charge on any atom is 0.123 e. The minimum absolute atomic E-state index is 0.191. The van der Waals surface area contributed by atoms with Gasteiger partial charge in [0.2, 0.25) is 0 Å². The molecule has 1 aliphatic rings. The first-order valence-electron chi connectivity index (χ1n) is 7.57. The summed E-state index contributed by atoms with van der Waals surface area (Å²) in [6.45, 7) is 4.49. The molecule has 0 amide bonds. The zero-order valence-corrected chi connectivity index (χ0v) is 12.4. The van der Waals surface area contributed by atoms with Crippen LogP contribution in [0.3, 0.4) is 0 Å². The molecule has 0 bridgehead atoms. The summed E-state index contributed by atoms with van der Waals surface area (Å²) in [6.07, 6.45) is 1.86. The van der Waals surface area contributed by atoms with Gasteiger partial charge < -0.3 is 19.9 Å². The number of nitrogens with one attached hydrogen (secondary N) is 1. The average molecular weight is 297 g/mol. The second-order valence-corrected chi connectivity index (χ2v) is 5.44. The van der Waals surface area contributed by atoms with E-state index < -0.39 is 6.10 Å². The average Bonchev–Trinajstić information content (AvgIpc) is 2.94. The highest BCUT2D eigenvalue weighted by Crippen LogP contribution is 2.22. The van der Waals surface area contributed by atoms with E-state index in [1.807, 2.05) is 0 Å². The number of aliphatic hydroxyl groups is 1. The molecule has 3 atom stereocenters. The summed E-state index contributed by atoms with van der Waals surface area (Å²) < 4.78 is 23.8. The number of aliphatic hydroxyl groups excluding tert-OH is 1. The van der Waals surface area contributed by atoms with Crippen molar-refractivity contribution in [3.05, 3.63) is 30.1 Å². The molecular weight excluding hydrogens is 273 g/mol. The first-order valence-corrected chi connectivity index (χ1v) is 7.57.